The van der Waals surface area contributed by atoms with Gasteiger partial charge < -0.3 is 25.4 Å². The van der Waals surface area contributed by atoms with Gasteiger partial charge in [-0.3, -0.25) is 4.79 Å². The highest BCUT2D eigenvalue weighted by molar-refractivity contribution is 5.95. The zero-order valence-corrected chi connectivity index (χ0v) is 13.2. The van der Waals surface area contributed by atoms with Crippen LogP contribution < -0.4 is 15.4 Å². The van der Waals surface area contributed by atoms with Crippen LogP contribution in [0.1, 0.15) is 12.8 Å². The molecule has 1 aromatic rings. The number of β-amino-alcohol motifs (C(OH)–C–C–N with tert-alkyl or cyclic N) is 1. The van der Waals surface area contributed by atoms with E-state index in [-0.39, 0.29) is 11.9 Å². The van der Waals surface area contributed by atoms with Gasteiger partial charge in [0.05, 0.1) is 18.8 Å². The molecule has 0 bridgehead atoms. The molecule has 3 N–H and O–H groups in total. The molecule has 6 heteroatoms. The van der Waals surface area contributed by atoms with E-state index in [4.69, 9.17) is 4.74 Å². The van der Waals surface area contributed by atoms with Crippen molar-refractivity contribution in [1.29, 1.82) is 0 Å². The first-order valence-corrected chi connectivity index (χ1v) is 7.64. The van der Waals surface area contributed by atoms with Crippen molar-refractivity contribution in [2.45, 2.75) is 25.0 Å². The van der Waals surface area contributed by atoms with Crippen LogP contribution in [0.4, 0.5) is 5.69 Å². The maximum absolute atomic E-state index is 12.1. The van der Waals surface area contributed by atoms with Gasteiger partial charge in [-0.1, -0.05) is 6.07 Å². The zero-order chi connectivity index (χ0) is 15.9. The summed E-state index contributed by atoms with van der Waals surface area (Å²) in [5.74, 6) is 0.622. The van der Waals surface area contributed by atoms with E-state index in [1.165, 1.54) is 0 Å². The average Bonchev–Trinajstić information content (AvgIpc) is 2.91. The Morgan fingerprint density at radius 3 is 3.00 bits per heavy atom. The van der Waals surface area contributed by atoms with Crippen LogP contribution in [0.5, 0.6) is 5.75 Å². The molecule has 1 aromatic carbocycles. The van der Waals surface area contributed by atoms with Crippen molar-refractivity contribution in [1.82, 2.24) is 10.2 Å². The molecule has 2 atom stereocenters. The van der Waals surface area contributed by atoms with Crippen LogP contribution in [-0.4, -0.2) is 61.9 Å². The van der Waals surface area contributed by atoms with E-state index in [2.05, 4.69) is 15.5 Å². The summed E-state index contributed by atoms with van der Waals surface area (Å²) >= 11 is 0. The lowest BCUT2D eigenvalue weighted by Gasteiger charge is -2.13. The van der Waals surface area contributed by atoms with Crippen molar-refractivity contribution in [3.8, 4) is 5.75 Å². The first-order valence-electron chi connectivity index (χ1n) is 7.64. The van der Waals surface area contributed by atoms with Gasteiger partial charge in [0.15, 0.2) is 0 Å². The predicted octanol–water partition coefficient (Wildman–Crippen LogP) is 0.678. The summed E-state index contributed by atoms with van der Waals surface area (Å²) in [4.78, 5) is 14.2. The predicted molar refractivity (Wildman–Crippen MR) is 86.2 cm³/mol. The number of aliphatic hydroxyl groups is 1. The Morgan fingerprint density at radius 2 is 2.32 bits per heavy atom. The average molecular weight is 307 g/mol. The van der Waals surface area contributed by atoms with E-state index in [0.717, 1.165) is 18.7 Å². The maximum atomic E-state index is 12.1. The number of nitrogens with zero attached hydrogens (tertiary/aromatic N) is 1. The van der Waals surface area contributed by atoms with Crippen LogP contribution in [0.3, 0.4) is 0 Å². The highest BCUT2D eigenvalue weighted by Gasteiger charge is 2.27. The first kappa shape index (κ1) is 16.7. The molecule has 22 heavy (non-hydrogen) atoms. The van der Waals surface area contributed by atoms with E-state index >= 15 is 0 Å². The normalized spacial score (nSPS) is 21.1. The minimum atomic E-state index is -0.442. The van der Waals surface area contributed by atoms with Gasteiger partial charge >= 0.3 is 0 Å². The van der Waals surface area contributed by atoms with Gasteiger partial charge in [-0.15, -0.1) is 0 Å². The minimum absolute atomic E-state index is 0.124. The van der Waals surface area contributed by atoms with E-state index < -0.39 is 6.10 Å². The molecule has 1 heterocycles. The molecule has 1 aliphatic heterocycles. The second kappa shape index (κ2) is 8.12. The molecule has 0 aliphatic carbocycles. The third kappa shape index (κ3) is 5.29. The summed E-state index contributed by atoms with van der Waals surface area (Å²) < 4.78 is 5.69. The summed E-state index contributed by atoms with van der Waals surface area (Å²) in [5.41, 5.74) is 0.707. The molecule has 1 fully saturated rings. The highest BCUT2D eigenvalue weighted by Crippen LogP contribution is 2.18. The number of anilines is 1. The number of carbonyl (C=O) groups is 1. The van der Waals surface area contributed by atoms with Gasteiger partial charge in [0.1, 0.15) is 5.75 Å². The van der Waals surface area contributed by atoms with Gasteiger partial charge in [-0.2, -0.15) is 0 Å². The van der Waals surface area contributed by atoms with Crippen molar-refractivity contribution in [2.24, 2.45) is 0 Å². The van der Waals surface area contributed by atoms with Gasteiger partial charge in [0.25, 0.3) is 0 Å². The van der Waals surface area contributed by atoms with Gasteiger partial charge in [0.2, 0.25) is 5.91 Å². The summed E-state index contributed by atoms with van der Waals surface area (Å²) in [6, 6.07) is 7.05. The number of rotatable bonds is 7. The molecule has 1 amide bonds. The number of benzene rings is 1. The number of carbonyl (C=O) groups excluding carboxylic acids is 1. The molecular formula is C16H25N3O3. The first-order chi connectivity index (χ1) is 10.5. The molecule has 0 spiro atoms. The van der Waals surface area contributed by atoms with Gasteiger partial charge in [0, 0.05) is 24.8 Å². The molecular weight excluding hydrogens is 282 g/mol. The number of hydrogen-bond donors (Lipinski definition) is 3. The fourth-order valence-corrected chi connectivity index (χ4v) is 2.38. The quantitative estimate of drug-likeness (QED) is 0.646. The molecule has 1 aliphatic rings. The number of ether oxygens (including phenoxy) is 1. The number of aliphatic hydroxyl groups excluding tert-OH is 1. The molecule has 0 saturated carbocycles. The van der Waals surface area contributed by atoms with Gasteiger partial charge in [-0.25, -0.2) is 0 Å². The summed E-state index contributed by atoms with van der Waals surface area (Å²) in [6.07, 6.45) is 0.960. The van der Waals surface area contributed by atoms with Crippen LogP contribution in [-0.2, 0) is 4.79 Å². The van der Waals surface area contributed by atoms with E-state index in [1.807, 2.05) is 38.4 Å². The van der Waals surface area contributed by atoms with Crippen molar-refractivity contribution in [2.75, 3.05) is 39.1 Å². The molecule has 0 aromatic heterocycles. The minimum Gasteiger partial charge on any atom is -0.493 e. The van der Waals surface area contributed by atoms with Crippen LogP contribution >= 0.6 is 0 Å². The largest absolute Gasteiger partial charge is 0.493 e. The van der Waals surface area contributed by atoms with Crippen LogP contribution in [0, 0.1) is 0 Å². The number of hydrogen-bond acceptors (Lipinski definition) is 5. The monoisotopic (exact) mass is 307 g/mol. The topological polar surface area (TPSA) is 73.8 Å². The van der Waals surface area contributed by atoms with Crippen LogP contribution in [0.25, 0.3) is 0 Å². The van der Waals surface area contributed by atoms with E-state index in [9.17, 15) is 9.90 Å². The Balaban J connectivity index is 1.81. The fraction of sp³-hybridized carbons (Fsp3) is 0.562. The Bertz CT molecular complexity index is 493. The zero-order valence-electron chi connectivity index (χ0n) is 13.2. The third-order valence-corrected chi connectivity index (χ3v) is 3.54. The van der Waals surface area contributed by atoms with Crippen molar-refractivity contribution in [3.63, 3.8) is 0 Å². The maximum Gasteiger partial charge on any atom is 0.241 e. The highest BCUT2D eigenvalue weighted by atomic mass is 16.5. The standard InChI is InChI=1S/C16H25N3O3/c1-19(2)7-4-8-22-14-6-3-5-12(9-14)18-16(21)15-10-13(20)11-17-15/h3,5-6,9,13,15,17,20H,4,7-8,10-11H2,1-2H3,(H,18,21). The third-order valence-electron chi connectivity index (χ3n) is 3.54. The Hall–Kier alpha value is -1.63. The molecule has 122 valence electrons. The lowest BCUT2D eigenvalue weighted by atomic mass is 10.2. The SMILES string of the molecule is CN(C)CCCOc1cccc(NC(=O)C2CC(O)CN2)c1. The molecule has 1 saturated heterocycles. The smallest absolute Gasteiger partial charge is 0.241 e. The number of amides is 1. The lowest BCUT2D eigenvalue weighted by Crippen LogP contribution is -2.35. The van der Waals surface area contributed by atoms with E-state index in [1.54, 1.807) is 0 Å². The Morgan fingerprint density at radius 1 is 1.50 bits per heavy atom. The Labute approximate surface area is 131 Å². The van der Waals surface area contributed by atoms with Crippen LogP contribution in [0.2, 0.25) is 0 Å². The second-order valence-electron chi connectivity index (χ2n) is 5.87. The van der Waals surface area contributed by atoms with Crippen molar-refractivity contribution in [3.05, 3.63) is 24.3 Å². The number of nitrogens with one attached hydrogen (secondary N) is 2. The summed E-state index contributed by atoms with van der Waals surface area (Å²) in [7, 11) is 4.06. The summed E-state index contributed by atoms with van der Waals surface area (Å²) in [6.45, 7) is 2.09. The molecule has 0 radical (unpaired) electrons. The van der Waals surface area contributed by atoms with Gasteiger partial charge in [-0.05, 0) is 39.1 Å². The van der Waals surface area contributed by atoms with E-state index in [0.29, 0.717) is 25.3 Å². The second-order valence-corrected chi connectivity index (χ2v) is 5.87. The lowest BCUT2D eigenvalue weighted by molar-refractivity contribution is -0.117. The summed E-state index contributed by atoms with van der Waals surface area (Å²) in [5, 5.41) is 15.3. The molecule has 2 unspecified atom stereocenters. The molecule has 6 nitrogen and oxygen atoms in total. The van der Waals surface area contributed by atoms with Crippen molar-refractivity contribution >= 4 is 11.6 Å². The van der Waals surface area contributed by atoms with Crippen molar-refractivity contribution < 1.29 is 14.6 Å². The Kier molecular flexibility index (Phi) is 6.18. The fourth-order valence-electron chi connectivity index (χ4n) is 2.38. The molecule has 2 rings (SSSR count). The van der Waals surface area contributed by atoms with Crippen LogP contribution in [0.15, 0.2) is 24.3 Å².